The number of benzene rings is 2. The molecule has 0 unspecified atom stereocenters. The molecular formula is C24H32B2O4. The maximum Gasteiger partial charge on any atom is 0.494 e. The highest BCUT2D eigenvalue weighted by atomic mass is 16.7. The summed E-state index contributed by atoms with van der Waals surface area (Å²) in [5.74, 6) is 2.02. The first-order valence-electron chi connectivity index (χ1n) is 10.7. The van der Waals surface area contributed by atoms with Crippen molar-refractivity contribution in [3.63, 3.8) is 0 Å². The van der Waals surface area contributed by atoms with E-state index >= 15 is 0 Å². The lowest BCUT2D eigenvalue weighted by Crippen LogP contribution is -2.41. The number of hydrogen-bond acceptors (Lipinski definition) is 4. The summed E-state index contributed by atoms with van der Waals surface area (Å²) in [5, 5.41) is 2.37. The van der Waals surface area contributed by atoms with E-state index in [1.54, 1.807) is 0 Å². The van der Waals surface area contributed by atoms with E-state index < -0.39 is 36.6 Å². The summed E-state index contributed by atoms with van der Waals surface area (Å²) >= 11 is 0. The molecule has 0 aliphatic carbocycles. The molecule has 2 aromatic rings. The van der Waals surface area contributed by atoms with Crippen LogP contribution in [0.5, 0.6) is 0 Å². The van der Waals surface area contributed by atoms with Crippen molar-refractivity contribution in [2.24, 2.45) is 0 Å². The van der Waals surface area contributed by atoms with Crippen LogP contribution in [-0.2, 0) is 18.6 Å². The van der Waals surface area contributed by atoms with Gasteiger partial charge in [-0.25, -0.2) is 0 Å². The van der Waals surface area contributed by atoms with E-state index in [1.165, 1.54) is 10.8 Å². The summed E-state index contributed by atoms with van der Waals surface area (Å²) in [4.78, 5) is 0. The molecule has 158 valence electrons. The fourth-order valence-electron chi connectivity index (χ4n) is 3.75. The molecule has 0 atom stereocenters. The van der Waals surface area contributed by atoms with Gasteiger partial charge in [0.05, 0.1) is 22.4 Å². The molecule has 4 rings (SSSR count). The van der Waals surface area contributed by atoms with Crippen molar-refractivity contribution < 1.29 is 18.6 Å². The summed E-state index contributed by atoms with van der Waals surface area (Å²) in [6.45, 7) is 16.5. The second kappa shape index (κ2) is 6.96. The summed E-state index contributed by atoms with van der Waals surface area (Å²) in [6, 6.07) is 14.8. The first-order valence-corrected chi connectivity index (χ1v) is 10.7. The Balaban J connectivity index is 1.77. The molecule has 0 bridgehead atoms. The van der Waals surface area contributed by atoms with E-state index in [1.807, 2.05) is 5.98 Å². The van der Waals surface area contributed by atoms with Gasteiger partial charge in [-0.2, -0.15) is 0 Å². The molecule has 2 aromatic carbocycles. The minimum absolute atomic E-state index is 0.404. The Bertz CT molecular complexity index is 962. The predicted octanol–water partition coefficient (Wildman–Crippen LogP) is 5.49. The molecule has 0 spiro atoms. The molecule has 0 N–H and O–H groups in total. The minimum Gasteiger partial charge on any atom is -0.400 e. The topological polar surface area (TPSA) is 36.9 Å². The monoisotopic (exact) mass is 406 g/mol. The highest BCUT2D eigenvalue weighted by Gasteiger charge is 2.54. The van der Waals surface area contributed by atoms with Gasteiger partial charge in [0.2, 0.25) is 0 Å². The zero-order chi connectivity index (χ0) is 21.9. The van der Waals surface area contributed by atoms with Crippen LogP contribution in [0.25, 0.3) is 16.2 Å². The smallest absolute Gasteiger partial charge is 0.400 e. The van der Waals surface area contributed by atoms with E-state index in [2.05, 4.69) is 97.9 Å². The van der Waals surface area contributed by atoms with Gasteiger partial charge in [-0.15, -0.1) is 0 Å². The largest absolute Gasteiger partial charge is 0.494 e. The van der Waals surface area contributed by atoms with Gasteiger partial charge in [0.1, 0.15) is 0 Å². The van der Waals surface area contributed by atoms with E-state index in [0.29, 0.717) is 0 Å². The SMILES string of the molecule is CC1(C)OB(/C=C(\B2OC(C)(C)C(C)(C)O2)c2ccc3ccccc3c2)OC1(C)C. The van der Waals surface area contributed by atoms with Gasteiger partial charge in [-0.3, -0.25) is 0 Å². The third-order valence-corrected chi connectivity index (χ3v) is 7.18. The first-order chi connectivity index (χ1) is 13.8. The summed E-state index contributed by atoms with van der Waals surface area (Å²) in [6.07, 6.45) is 0. The van der Waals surface area contributed by atoms with E-state index in [0.717, 1.165) is 11.0 Å². The molecule has 0 radical (unpaired) electrons. The van der Waals surface area contributed by atoms with E-state index in [-0.39, 0.29) is 0 Å². The van der Waals surface area contributed by atoms with Gasteiger partial charge in [0.25, 0.3) is 0 Å². The van der Waals surface area contributed by atoms with Gasteiger partial charge in [0, 0.05) is 0 Å². The van der Waals surface area contributed by atoms with Crippen molar-refractivity contribution in [2.45, 2.75) is 77.8 Å². The Morgan fingerprint density at radius 3 is 1.73 bits per heavy atom. The van der Waals surface area contributed by atoms with Crippen LogP contribution >= 0.6 is 0 Å². The molecule has 2 heterocycles. The van der Waals surface area contributed by atoms with Crippen LogP contribution in [0.2, 0.25) is 0 Å². The van der Waals surface area contributed by atoms with Crippen molar-refractivity contribution >= 4 is 30.5 Å². The number of fused-ring (bicyclic) bond motifs is 1. The Labute approximate surface area is 181 Å². The van der Waals surface area contributed by atoms with Crippen LogP contribution in [0, 0.1) is 0 Å². The van der Waals surface area contributed by atoms with Crippen LogP contribution in [0.15, 0.2) is 48.4 Å². The molecule has 2 aliphatic heterocycles. The third-order valence-electron chi connectivity index (χ3n) is 7.18. The molecule has 2 fully saturated rings. The standard InChI is InChI=1S/C24H32B2O4/c1-21(2)22(3,4)28-25(27-21)16-20(26-29-23(5,6)24(7,8)30-26)19-14-13-17-11-9-10-12-18(17)15-19/h9-16H,1-8H3/b20-16-. The van der Waals surface area contributed by atoms with Crippen molar-refractivity contribution in [1.29, 1.82) is 0 Å². The molecule has 0 amide bonds. The third kappa shape index (κ3) is 3.64. The van der Waals surface area contributed by atoms with Crippen molar-refractivity contribution in [1.82, 2.24) is 0 Å². The summed E-state index contributed by atoms with van der Waals surface area (Å²) < 4.78 is 25.3. The molecule has 6 heteroatoms. The molecule has 0 saturated carbocycles. The average molecular weight is 406 g/mol. The maximum absolute atomic E-state index is 6.41. The quantitative estimate of drug-likeness (QED) is 0.633. The second-order valence-corrected chi connectivity index (χ2v) is 10.4. The summed E-state index contributed by atoms with van der Waals surface area (Å²) in [7, 11) is -0.981. The number of hydrogen-bond donors (Lipinski definition) is 0. The highest BCUT2D eigenvalue weighted by molar-refractivity contribution is 6.72. The fraction of sp³-hybridized carbons (Fsp3) is 0.500. The molecule has 0 aromatic heterocycles. The fourth-order valence-corrected chi connectivity index (χ4v) is 3.75. The van der Waals surface area contributed by atoms with E-state index in [9.17, 15) is 0 Å². The average Bonchev–Trinajstić information content (AvgIpc) is 2.98. The molecular weight excluding hydrogens is 374 g/mol. The lowest BCUT2D eigenvalue weighted by Gasteiger charge is -2.32. The normalized spacial score (nSPS) is 24.6. The molecule has 2 saturated heterocycles. The Morgan fingerprint density at radius 2 is 1.17 bits per heavy atom. The predicted molar refractivity (Wildman–Crippen MR) is 124 cm³/mol. The Kier molecular flexibility index (Phi) is 5.02. The zero-order valence-electron chi connectivity index (χ0n) is 19.4. The van der Waals surface area contributed by atoms with Gasteiger partial charge >= 0.3 is 14.2 Å². The lowest BCUT2D eigenvalue weighted by molar-refractivity contribution is 0.00578. The van der Waals surface area contributed by atoms with E-state index in [4.69, 9.17) is 18.6 Å². The Morgan fingerprint density at radius 1 is 0.667 bits per heavy atom. The Hall–Kier alpha value is -1.59. The first kappa shape index (κ1) is 21.6. The van der Waals surface area contributed by atoms with Crippen LogP contribution in [0.3, 0.4) is 0 Å². The van der Waals surface area contributed by atoms with Crippen LogP contribution in [-0.4, -0.2) is 36.6 Å². The van der Waals surface area contributed by atoms with Gasteiger partial charge in [-0.05, 0) is 83.3 Å². The van der Waals surface area contributed by atoms with Crippen LogP contribution < -0.4 is 0 Å². The highest BCUT2D eigenvalue weighted by Crippen LogP contribution is 2.42. The van der Waals surface area contributed by atoms with Gasteiger partial charge < -0.3 is 18.6 Å². The van der Waals surface area contributed by atoms with Crippen molar-refractivity contribution in [3.8, 4) is 0 Å². The lowest BCUT2D eigenvalue weighted by atomic mass is 9.68. The zero-order valence-corrected chi connectivity index (χ0v) is 19.4. The maximum atomic E-state index is 6.41. The van der Waals surface area contributed by atoms with Gasteiger partial charge in [-0.1, -0.05) is 42.4 Å². The molecule has 2 aliphatic rings. The minimum atomic E-state index is -0.504. The van der Waals surface area contributed by atoms with Crippen LogP contribution in [0.4, 0.5) is 0 Å². The van der Waals surface area contributed by atoms with Gasteiger partial charge in [0.15, 0.2) is 0 Å². The van der Waals surface area contributed by atoms with Crippen LogP contribution in [0.1, 0.15) is 61.0 Å². The molecule has 30 heavy (non-hydrogen) atoms. The second-order valence-electron chi connectivity index (χ2n) is 10.4. The van der Waals surface area contributed by atoms with Crippen molar-refractivity contribution in [3.05, 3.63) is 54.0 Å². The number of rotatable bonds is 3. The summed E-state index contributed by atoms with van der Waals surface area (Å²) in [5.41, 5.74) is 0.310. The van der Waals surface area contributed by atoms with Crippen molar-refractivity contribution in [2.75, 3.05) is 0 Å². The molecule has 4 nitrogen and oxygen atoms in total.